The number of nitrogens with one attached hydrogen (secondary N) is 2. The van der Waals surface area contributed by atoms with Crippen molar-refractivity contribution < 1.29 is 22.7 Å². The molecule has 1 saturated heterocycles. The van der Waals surface area contributed by atoms with Gasteiger partial charge in [0, 0.05) is 31.6 Å². The number of alkyl halides is 3. The number of fused-ring (bicyclic) bond motifs is 1. The summed E-state index contributed by atoms with van der Waals surface area (Å²) in [4.78, 5) is 17.4. The maximum absolute atomic E-state index is 14.0. The minimum atomic E-state index is -4.68. The van der Waals surface area contributed by atoms with Crippen molar-refractivity contribution in [2.45, 2.75) is 50.0 Å². The van der Waals surface area contributed by atoms with Gasteiger partial charge in [-0.15, -0.1) is 0 Å². The molecular weight excluding hydrogens is 433 g/mol. The third-order valence-electron chi connectivity index (χ3n) is 6.66. The first-order chi connectivity index (χ1) is 15.6. The lowest BCUT2D eigenvalue weighted by Gasteiger charge is -2.33. The van der Waals surface area contributed by atoms with Crippen LogP contribution in [0.5, 0.6) is 0 Å². The zero-order chi connectivity index (χ0) is 23.8. The molecule has 33 heavy (non-hydrogen) atoms. The van der Waals surface area contributed by atoms with Gasteiger partial charge < -0.3 is 20.3 Å². The standard InChI is InChI=1S/C24H29F3N4O2/c1-23(2)17-7-5-4-6-15(17)12-20(23)30-16-8-9-18(29-13-16)21(24(25,26)27)31(3)22(32)19-14-28-10-11-33-19/h4-9,13,19-21,28,30H,10-12,14H2,1-3H3/t19-,20-,21?/m0/s1. The van der Waals surface area contributed by atoms with E-state index in [0.29, 0.717) is 17.1 Å². The molecule has 2 aliphatic rings. The number of hydrogen-bond donors (Lipinski definition) is 2. The summed E-state index contributed by atoms with van der Waals surface area (Å²) in [5.74, 6) is -0.723. The number of benzene rings is 1. The first kappa shape index (κ1) is 23.5. The second-order valence-corrected chi connectivity index (χ2v) is 9.21. The molecule has 1 fully saturated rings. The summed E-state index contributed by atoms with van der Waals surface area (Å²) in [5.41, 5.74) is 2.80. The predicted molar refractivity (Wildman–Crippen MR) is 119 cm³/mol. The molecule has 0 spiro atoms. The monoisotopic (exact) mass is 462 g/mol. The normalized spacial score (nSPS) is 23.0. The Labute approximate surface area is 191 Å². The zero-order valence-corrected chi connectivity index (χ0v) is 18.9. The van der Waals surface area contributed by atoms with Crippen LogP contribution in [0.1, 0.15) is 36.7 Å². The van der Waals surface area contributed by atoms with Gasteiger partial charge in [0.25, 0.3) is 5.91 Å². The SMILES string of the molecule is CN(C(=O)[C@@H]1CNCCO1)C(c1ccc(N[C@H]2Cc3ccccc3C2(C)C)cn1)C(F)(F)F. The van der Waals surface area contributed by atoms with E-state index in [1.165, 1.54) is 23.4 Å². The van der Waals surface area contributed by atoms with E-state index in [2.05, 4.69) is 41.6 Å². The lowest BCUT2D eigenvalue weighted by atomic mass is 9.83. The Morgan fingerprint density at radius 2 is 2.03 bits per heavy atom. The number of amides is 1. The topological polar surface area (TPSA) is 66.5 Å². The number of ether oxygens (including phenoxy) is 1. The molecule has 4 rings (SSSR count). The Balaban J connectivity index is 1.51. The van der Waals surface area contributed by atoms with E-state index >= 15 is 0 Å². The van der Waals surface area contributed by atoms with Crippen LogP contribution in [-0.2, 0) is 21.4 Å². The lowest BCUT2D eigenvalue weighted by Crippen LogP contribution is -2.51. The molecule has 0 bridgehead atoms. The molecule has 3 atom stereocenters. The first-order valence-corrected chi connectivity index (χ1v) is 11.1. The summed E-state index contributed by atoms with van der Waals surface area (Å²) in [7, 11) is 1.14. The van der Waals surface area contributed by atoms with Crippen LogP contribution in [0.3, 0.4) is 0 Å². The summed E-state index contributed by atoms with van der Waals surface area (Å²) < 4.78 is 47.2. The number of halogens is 3. The van der Waals surface area contributed by atoms with E-state index in [0.717, 1.165) is 13.5 Å². The van der Waals surface area contributed by atoms with Gasteiger partial charge in [0.05, 0.1) is 24.2 Å². The number of likely N-dealkylation sites (N-methyl/N-ethyl adjacent to an activating group) is 1. The third kappa shape index (κ3) is 4.70. The van der Waals surface area contributed by atoms with Gasteiger partial charge in [-0.1, -0.05) is 38.1 Å². The largest absolute Gasteiger partial charge is 0.414 e. The summed E-state index contributed by atoms with van der Waals surface area (Å²) >= 11 is 0. The Morgan fingerprint density at radius 3 is 2.64 bits per heavy atom. The Kier molecular flexibility index (Phi) is 6.37. The lowest BCUT2D eigenvalue weighted by molar-refractivity contribution is -0.194. The Bertz CT molecular complexity index is 988. The van der Waals surface area contributed by atoms with E-state index in [9.17, 15) is 18.0 Å². The zero-order valence-electron chi connectivity index (χ0n) is 18.9. The van der Waals surface area contributed by atoms with Gasteiger partial charge >= 0.3 is 6.18 Å². The van der Waals surface area contributed by atoms with Crippen molar-refractivity contribution in [2.75, 3.05) is 32.1 Å². The van der Waals surface area contributed by atoms with Gasteiger partial charge in [0.1, 0.15) is 6.10 Å². The maximum Gasteiger partial charge on any atom is 0.414 e. The quantitative estimate of drug-likeness (QED) is 0.713. The van der Waals surface area contributed by atoms with Crippen molar-refractivity contribution in [3.05, 3.63) is 59.4 Å². The molecule has 1 amide bonds. The highest BCUT2D eigenvalue weighted by molar-refractivity contribution is 5.81. The van der Waals surface area contributed by atoms with E-state index in [-0.39, 0.29) is 30.3 Å². The van der Waals surface area contributed by atoms with Crippen LogP contribution in [-0.4, -0.2) is 60.9 Å². The second-order valence-electron chi connectivity index (χ2n) is 9.21. The van der Waals surface area contributed by atoms with Gasteiger partial charge in [0.2, 0.25) is 0 Å². The van der Waals surface area contributed by atoms with E-state index in [4.69, 9.17) is 4.74 Å². The predicted octanol–water partition coefficient (Wildman–Crippen LogP) is 3.45. The fraction of sp³-hybridized carbons (Fsp3) is 0.500. The van der Waals surface area contributed by atoms with E-state index in [1.54, 1.807) is 6.07 Å². The fourth-order valence-electron chi connectivity index (χ4n) is 4.74. The van der Waals surface area contributed by atoms with Gasteiger partial charge in [-0.05, 0) is 29.7 Å². The highest BCUT2D eigenvalue weighted by atomic mass is 19.4. The summed E-state index contributed by atoms with van der Waals surface area (Å²) in [6.07, 6.45) is -3.39. The molecule has 2 N–H and O–H groups in total. The van der Waals surface area contributed by atoms with Crippen LogP contribution in [0.2, 0.25) is 0 Å². The number of carbonyl (C=O) groups is 1. The van der Waals surface area contributed by atoms with Gasteiger partial charge in [-0.3, -0.25) is 9.78 Å². The molecule has 2 heterocycles. The Morgan fingerprint density at radius 1 is 1.27 bits per heavy atom. The number of aromatic nitrogens is 1. The summed E-state index contributed by atoms with van der Waals surface area (Å²) in [6, 6.07) is 9.10. The molecule has 1 aliphatic carbocycles. The highest BCUT2D eigenvalue weighted by Gasteiger charge is 2.47. The van der Waals surface area contributed by atoms with Crippen molar-refractivity contribution in [1.29, 1.82) is 0 Å². The molecule has 6 nitrogen and oxygen atoms in total. The molecule has 1 aromatic carbocycles. The van der Waals surface area contributed by atoms with E-state index in [1.807, 2.05) is 12.1 Å². The van der Waals surface area contributed by atoms with Gasteiger partial charge in [-0.2, -0.15) is 13.2 Å². The number of anilines is 1. The fourth-order valence-corrected chi connectivity index (χ4v) is 4.74. The Hall–Kier alpha value is -2.65. The second kappa shape index (κ2) is 8.95. The van der Waals surface area contributed by atoms with Crippen molar-refractivity contribution in [1.82, 2.24) is 15.2 Å². The molecule has 1 aromatic heterocycles. The van der Waals surface area contributed by atoms with Crippen LogP contribution in [0.25, 0.3) is 0 Å². The first-order valence-electron chi connectivity index (χ1n) is 11.1. The average molecular weight is 463 g/mol. The molecule has 2 aromatic rings. The van der Waals surface area contributed by atoms with Gasteiger partial charge in [0.15, 0.2) is 6.04 Å². The van der Waals surface area contributed by atoms with Crippen LogP contribution in [0, 0.1) is 0 Å². The minimum Gasteiger partial charge on any atom is -0.380 e. The molecule has 1 unspecified atom stereocenters. The van der Waals surface area contributed by atoms with Crippen LogP contribution in [0.4, 0.5) is 18.9 Å². The number of morpholine rings is 1. The average Bonchev–Trinajstić information content (AvgIpc) is 3.04. The molecular formula is C24H29F3N4O2. The number of hydrogen-bond acceptors (Lipinski definition) is 5. The smallest absolute Gasteiger partial charge is 0.380 e. The minimum absolute atomic E-state index is 0.0844. The molecule has 9 heteroatoms. The highest BCUT2D eigenvalue weighted by Crippen LogP contribution is 2.40. The molecule has 178 valence electrons. The number of rotatable bonds is 5. The van der Waals surface area contributed by atoms with Crippen LogP contribution >= 0.6 is 0 Å². The molecule has 0 saturated carbocycles. The molecule has 1 aliphatic heterocycles. The summed E-state index contributed by atoms with van der Waals surface area (Å²) in [6.45, 7) is 5.33. The van der Waals surface area contributed by atoms with Gasteiger partial charge in [-0.25, -0.2) is 0 Å². The third-order valence-corrected chi connectivity index (χ3v) is 6.66. The number of carbonyl (C=O) groups excluding carboxylic acids is 1. The van der Waals surface area contributed by atoms with Crippen molar-refractivity contribution >= 4 is 11.6 Å². The van der Waals surface area contributed by atoms with Crippen molar-refractivity contribution in [2.24, 2.45) is 0 Å². The maximum atomic E-state index is 14.0. The summed E-state index contributed by atoms with van der Waals surface area (Å²) in [5, 5.41) is 6.40. The van der Waals surface area contributed by atoms with Crippen LogP contribution in [0.15, 0.2) is 42.6 Å². The van der Waals surface area contributed by atoms with Crippen LogP contribution < -0.4 is 10.6 Å². The van der Waals surface area contributed by atoms with Crippen molar-refractivity contribution in [3.8, 4) is 0 Å². The number of nitrogens with zero attached hydrogens (tertiary/aromatic N) is 2. The van der Waals surface area contributed by atoms with Crippen molar-refractivity contribution in [3.63, 3.8) is 0 Å². The number of pyridine rings is 1. The molecule has 0 radical (unpaired) electrons. The van der Waals surface area contributed by atoms with E-state index < -0.39 is 24.2 Å².